The van der Waals surface area contributed by atoms with E-state index < -0.39 is 11.7 Å². The highest BCUT2D eigenvalue weighted by Crippen LogP contribution is 2.34. The van der Waals surface area contributed by atoms with Crippen LogP contribution in [0, 0.1) is 25.7 Å². The number of fused-ring (bicyclic) bond motifs is 1. The molecule has 0 spiro atoms. The molecule has 0 bridgehead atoms. The molecule has 1 aliphatic heterocycles. The van der Waals surface area contributed by atoms with Crippen molar-refractivity contribution in [1.82, 2.24) is 29.7 Å². The Morgan fingerprint density at radius 1 is 1.02 bits per heavy atom. The van der Waals surface area contributed by atoms with Crippen molar-refractivity contribution in [3.63, 3.8) is 0 Å². The minimum Gasteiger partial charge on any atom is -0.388 e. The van der Waals surface area contributed by atoms with Crippen LogP contribution in [0.15, 0.2) is 42.9 Å². The third-order valence-electron chi connectivity index (χ3n) is 7.07. The van der Waals surface area contributed by atoms with Crippen LogP contribution in [-0.2, 0) is 12.7 Å². The largest absolute Gasteiger partial charge is 0.416 e. The van der Waals surface area contributed by atoms with Crippen LogP contribution in [0.25, 0.3) is 11.0 Å². The fourth-order valence-corrected chi connectivity index (χ4v) is 4.44. The Balaban J connectivity index is 0.000000199. The van der Waals surface area contributed by atoms with Gasteiger partial charge in [-0.25, -0.2) is 15.0 Å². The highest BCUT2D eigenvalue weighted by atomic mass is 19.4. The average Bonchev–Trinajstić information content (AvgIpc) is 2.99. The number of aromatic nitrogens is 4. The van der Waals surface area contributed by atoms with Crippen LogP contribution in [0.3, 0.4) is 0 Å². The first kappa shape index (κ1) is 31.3. The molecular formula is C31H33F3N8O. The molecule has 0 saturated carbocycles. The predicted molar refractivity (Wildman–Crippen MR) is 161 cm³/mol. The number of halogens is 3. The quantitative estimate of drug-likeness (QED) is 0.265. The fraction of sp³-hybridized carbons (Fsp3) is 0.323. The lowest BCUT2D eigenvalue weighted by atomic mass is 10.0. The first-order valence-electron chi connectivity index (χ1n) is 13.6. The Labute approximate surface area is 248 Å². The number of carbonyl (C=O) groups excluding carboxylic acids is 1. The molecular weight excluding hydrogens is 557 g/mol. The highest BCUT2D eigenvalue weighted by Gasteiger charge is 2.34. The number of carbonyl (C=O) groups is 1. The smallest absolute Gasteiger partial charge is 0.388 e. The van der Waals surface area contributed by atoms with E-state index in [9.17, 15) is 18.0 Å². The van der Waals surface area contributed by atoms with E-state index in [4.69, 9.17) is 5.73 Å². The number of nitrogens with one attached hydrogen (secondary N) is 1. The Bertz CT molecular complexity index is 1670. The summed E-state index contributed by atoms with van der Waals surface area (Å²) in [6.07, 6.45) is 1.06. The molecule has 1 fully saturated rings. The lowest BCUT2D eigenvalue weighted by molar-refractivity contribution is -0.138. The Kier molecular flexibility index (Phi) is 9.90. The number of likely N-dealkylation sites (N-methyl/N-ethyl adjacent to an activating group) is 1. The molecule has 9 nitrogen and oxygen atoms in total. The maximum absolute atomic E-state index is 13.1. The number of anilines is 2. The number of nitrogen functional groups attached to an aromatic ring is 1. The summed E-state index contributed by atoms with van der Waals surface area (Å²) >= 11 is 0. The van der Waals surface area contributed by atoms with Gasteiger partial charge in [0, 0.05) is 69.0 Å². The molecule has 0 unspecified atom stereocenters. The second-order valence-corrected chi connectivity index (χ2v) is 10.2. The van der Waals surface area contributed by atoms with Crippen molar-refractivity contribution in [2.45, 2.75) is 26.6 Å². The van der Waals surface area contributed by atoms with E-state index in [1.165, 1.54) is 12.3 Å². The van der Waals surface area contributed by atoms with Crippen molar-refractivity contribution in [1.29, 1.82) is 0 Å². The number of piperazine rings is 1. The number of hydrogen-bond acceptors (Lipinski definition) is 9. The van der Waals surface area contributed by atoms with Crippen LogP contribution in [-0.4, -0.2) is 76.3 Å². The zero-order valence-electron chi connectivity index (χ0n) is 24.5. The summed E-state index contributed by atoms with van der Waals surface area (Å²) in [5.41, 5.74) is 10.8. The van der Waals surface area contributed by atoms with Crippen molar-refractivity contribution < 1.29 is 18.0 Å². The Morgan fingerprint density at radius 3 is 2.42 bits per heavy atom. The van der Waals surface area contributed by atoms with Crippen LogP contribution >= 0.6 is 0 Å². The minimum atomic E-state index is -4.31. The number of aldehydes is 1. The molecule has 0 aliphatic carbocycles. The average molecular weight is 591 g/mol. The van der Waals surface area contributed by atoms with Crippen LogP contribution < -0.4 is 11.1 Å². The van der Waals surface area contributed by atoms with Gasteiger partial charge >= 0.3 is 6.18 Å². The summed E-state index contributed by atoms with van der Waals surface area (Å²) in [4.78, 5) is 32.1. The number of rotatable bonds is 4. The molecule has 0 radical (unpaired) electrons. The van der Waals surface area contributed by atoms with Gasteiger partial charge in [-0.05, 0) is 44.7 Å². The number of aryl methyl sites for hydroxylation is 2. The van der Waals surface area contributed by atoms with Gasteiger partial charge in [0.05, 0.1) is 28.7 Å². The standard InChI is InChI=1S/C17H13N5O.C14H20F3N3/c1-10-11(2)22-16-14(17(18)20-8-15(16)21-10)4-3-12-5-13(9-23)7-19-6-12;1-18-12-4-3-11(13(9-12)14(15,16)17)10-20-7-5-19(2)6-8-20/h5-9H,1-2H3,(H2,18,20);3-4,9,18H,5-8,10H2,1-2H3. The summed E-state index contributed by atoms with van der Waals surface area (Å²) in [5.74, 6) is 6.21. The number of nitrogens with zero attached hydrogens (tertiary/aromatic N) is 6. The molecule has 12 heteroatoms. The summed E-state index contributed by atoms with van der Waals surface area (Å²) in [7, 11) is 3.65. The Hall–Kier alpha value is -4.60. The lowest BCUT2D eigenvalue weighted by Crippen LogP contribution is -2.44. The molecule has 0 amide bonds. The van der Waals surface area contributed by atoms with Gasteiger partial charge in [0.2, 0.25) is 0 Å². The molecule has 1 aliphatic rings. The van der Waals surface area contributed by atoms with Gasteiger partial charge in [0.25, 0.3) is 0 Å². The molecule has 43 heavy (non-hydrogen) atoms. The summed E-state index contributed by atoms with van der Waals surface area (Å²) in [5, 5.41) is 2.76. The zero-order chi connectivity index (χ0) is 31.1. The van der Waals surface area contributed by atoms with E-state index in [0.29, 0.717) is 51.3 Å². The number of benzene rings is 1. The van der Waals surface area contributed by atoms with Gasteiger partial charge in [-0.3, -0.25) is 14.7 Å². The predicted octanol–water partition coefficient (Wildman–Crippen LogP) is 4.33. The van der Waals surface area contributed by atoms with Crippen molar-refractivity contribution in [2.24, 2.45) is 0 Å². The first-order valence-corrected chi connectivity index (χ1v) is 13.6. The summed E-state index contributed by atoms with van der Waals surface area (Å²) in [6.45, 7) is 7.54. The van der Waals surface area contributed by atoms with Gasteiger partial charge in [0.15, 0.2) is 6.29 Å². The van der Waals surface area contributed by atoms with E-state index in [1.54, 1.807) is 37.6 Å². The maximum Gasteiger partial charge on any atom is 0.416 e. The van der Waals surface area contributed by atoms with Crippen molar-refractivity contribution in [2.75, 3.05) is 51.3 Å². The molecule has 3 N–H and O–H groups in total. The van der Waals surface area contributed by atoms with Crippen molar-refractivity contribution in [3.8, 4) is 11.8 Å². The second-order valence-electron chi connectivity index (χ2n) is 10.2. The molecule has 4 aromatic rings. The zero-order valence-corrected chi connectivity index (χ0v) is 24.5. The monoisotopic (exact) mass is 590 g/mol. The number of pyridine rings is 2. The van der Waals surface area contributed by atoms with Crippen molar-refractivity contribution in [3.05, 3.63) is 82.1 Å². The molecule has 1 saturated heterocycles. The van der Waals surface area contributed by atoms with E-state index in [1.807, 2.05) is 20.9 Å². The molecule has 1 aromatic carbocycles. The van der Waals surface area contributed by atoms with E-state index >= 15 is 0 Å². The summed E-state index contributed by atoms with van der Waals surface area (Å²) in [6, 6.07) is 6.11. The van der Waals surface area contributed by atoms with Gasteiger partial charge < -0.3 is 16.0 Å². The van der Waals surface area contributed by atoms with Crippen LogP contribution in [0.2, 0.25) is 0 Å². The minimum absolute atomic E-state index is 0.294. The number of hydrogen-bond donors (Lipinski definition) is 2. The third kappa shape index (κ3) is 8.03. The molecule has 5 rings (SSSR count). The molecule has 3 aromatic heterocycles. The SMILES string of the molecule is CNc1ccc(CN2CCN(C)CC2)c(C(F)(F)F)c1.Cc1nc2cnc(N)c(C#Cc3cncc(C=O)c3)c2nc1C. The van der Waals surface area contributed by atoms with Crippen LogP contribution in [0.5, 0.6) is 0 Å². The van der Waals surface area contributed by atoms with Gasteiger partial charge in [-0.1, -0.05) is 17.9 Å². The first-order chi connectivity index (χ1) is 20.5. The number of nitrogens with two attached hydrogens (primary N) is 1. The maximum atomic E-state index is 13.1. The van der Waals surface area contributed by atoms with Crippen molar-refractivity contribution >= 4 is 28.8 Å². The van der Waals surface area contributed by atoms with Gasteiger partial charge in [-0.15, -0.1) is 0 Å². The molecule has 0 atom stereocenters. The van der Waals surface area contributed by atoms with E-state index in [-0.39, 0.29) is 0 Å². The van der Waals surface area contributed by atoms with Gasteiger partial charge in [-0.2, -0.15) is 13.2 Å². The van der Waals surface area contributed by atoms with Gasteiger partial charge in [0.1, 0.15) is 16.9 Å². The van der Waals surface area contributed by atoms with E-state index in [2.05, 4.69) is 46.9 Å². The van der Waals surface area contributed by atoms with E-state index in [0.717, 1.165) is 43.9 Å². The number of alkyl halides is 3. The molecule has 224 valence electrons. The lowest BCUT2D eigenvalue weighted by Gasteiger charge is -2.33. The molecule has 4 heterocycles. The second kappa shape index (κ2) is 13.6. The topological polar surface area (TPSA) is 113 Å². The highest BCUT2D eigenvalue weighted by molar-refractivity contribution is 5.85. The fourth-order valence-electron chi connectivity index (χ4n) is 4.44. The van der Waals surface area contributed by atoms with Crippen LogP contribution in [0.4, 0.5) is 24.7 Å². The Morgan fingerprint density at radius 2 is 1.74 bits per heavy atom. The summed E-state index contributed by atoms with van der Waals surface area (Å²) < 4.78 is 39.4. The van der Waals surface area contributed by atoms with Crippen LogP contribution in [0.1, 0.15) is 44.0 Å². The normalized spacial score (nSPS) is 13.9. The third-order valence-corrected chi connectivity index (χ3v) is 7.07.